The Morgan fingerprint density at radius 3 is 2.55 bits per heavy atom. The molecule has 3 atom stereocenters. The van der Waals surface area contributed by atoms with Crippen molar-refractivity contribution < 1.29 is 29.6 Å². The zero-order valence-electron chi connectivity index (χ0n) is 18.0. The minimum Gasteiger partial charge on any atom is -0.488 e. The van der Waals surface area contributed by atoms with Gasteiger partial charge in [-0.05, 0) is 44.0 Å². The van der Waals surface area contributed by atoms with E-state index in [1.54, 1.807) is 20.8 Å². The molecule has 0 radical (unpaired) electrons. The summed E-state index contributed by atoms with van der Waals surface area (Å²) in [5, 5.41) is 19.0. The van der Waals surface area contributed by atoms with E-state index in [0.29, 0.717) is 12.2 Å². The van der Waals surface area contributed by atoms with Crippen molar-refractivity contribution in [2.75, 3.05) is 13.1 Å². The molecule has 1 aliphatic rings. The highest BCUT2D eigenvalue weighted by atomic mass is 17.2. The molecule has 0 bridgehead atoms. The lowest BCUT2D eigenvalue weighted by Crippen LogP contribution is -2.48. The van der Waals surface area contributed by atoms with Gasteiger partial charge in [-0.3, -0.25) is 4.90 Å². The van der Waals surface area contributed by atoms with E-state index in [4.69, 9.17) is 14.7 Å². The number of hydrogen-bond donors (Lipinski definition) is 3. The van der Waals surface area contributed by atoms with Crippen LogP contribution < -0.4 is 10.2 Å². The van der Waals surface area contributed by atoms with E-state index in [0.717, 1.165) is 11.1 Å². The molecule has 8 heteroatoms. The second-order valence-corrected chi connectivity index (χ2v) is 8.58. The number of amides is 1. The second-order valence-electron chi connectivity index (χ2n) is 8.58. The van der Waals surface area contributed by atoms with Crippen LogP contribution in [0.15, 0.2) is 54.6 Å². The molecule has 31 heavy (non-hydrogen) atoms. The van der Waals surface area contributed by atoms with Crippen LogP contribution in [0.25, 0.3) is 11.1 Å². The van der Waals surface area contributed by atoms with Crippen molar-refractivity contribution in [1.82, 2.24) is 10.4 Å². The van der Waals surface area contributed by atoms with Crippen molar-refractivity contribution in [3.8, 4) is 16.9 Å². The Morgan fingerprint density at radius 2 is 1.87 bits per heavy atom. The van der Waals surface area contributed by atoms with Crippen LogP contribution in [0, 0.1) is 0 Å². The van der Waals surface area contributed by atoms with Gasteiger partial charge in [0.15, 0.2) is 0 Å². The number of hydrogen-bond acceptors (Lipinski definition) is 7. The highest BCUT2D eigenvalue weighted by Crippen LogP contribution is 2.29. The third-order valence-corrected chi connectivity index (χ3v) is 4.98. The van der Waals surface area contributed by atoms with Crippen LogP contribution in [-0.4, -0.2) is 58.3 Å². The first-order valence-electron chi connectivity index (χ1n) is 10.3. The second kappa shape index (κ2) is 10.1. The van der Waals surface area contributed by atoms with Gasteiger partial charge < -0.3 is 14.6 Å². The molecule has 0 spiro atoms. The van der Waals surface area contributed by atoms with Gasteiger partial charge in [-0.2, -0.15) is 5.48 Å². The minimum absolute atomic E-state index is 0.0589. The molecule has 2 aromatic rings. The molecule has 1 aliphatic heterocycles. The zero-order valence-corrected chi connectivity index (χ0v) is 18.0. The molecular formula is C23H30N2O6. The van der Waals surface area contributed by atoms with Crippen LogP contribution in [-0.2, 0) is 9.73 Å². The minimum atomic E-state index is -0.982. The van der Waals surface area contributed by atoms with Gasteiger partial charge in [0.05, 0.1) is 25.2 Å². The number of aliphatic hydroxyl groups excluding tert-OH is 1. The SMILES string of the molecule is CC(C)(C)OC(=O)N1CC(Oc2cccc(-c3ccccc3)c2)CC1C(O)CNOO. The summed E-state index contributed by atoms with van der Waals surface area (Å²) >= 11 is 0. The van der Waals surface area contributed by atoms with E-state index >= 15 is 0 Å². The van der Waals surface area contributed by atoms with Crippen LogP contribution >= 0.6 is 0 Å². The average molecular weight is 431 g/mol. The summed E-state index contributed by atoms with van der Waals surface area (Å²) < 4.78 is 11.7. The van der Waals surface area contributed by atoms with Crippen molar-refractivity contribution in [2.45, 2.75) is 51.0 Å². The number of hydroxylamine groups is 1. The fourth-order valence-corrected chi connectivity index (χ4v) is 3.64. The fraction of sp³-hybridized carbons (Fsp3) is 0.435. The Kier molecular flexibility index (Phi) is 7.50. The highest BCUT2D eigenvalue weighted by molar-refractivity contribution is 5.69. The van der Waals surface area contributed by atoms with Crippen molar-refractivity contribution in [3.63, 3.8) is 0 Å². The highest BCUT2D eigenvalue weighted by Gasteiger charge is 2.42. The maximum atomic E-state index is 12.7. The van der Waals surface area contributed by atoms with Gasteiger partial charge in [-0.1, -0.05) is 42.5 Å². The zero-order chi connectivity index (χ0) is 22.4. The lowest BCUT2D eigenvalue weighted by atomic mass is 10.1. The number of nitrogens with zero attached hydrogens (tertiary/aromatic N) is 1. The number of carbonyl (C=O) groups is 1. The quantitative estimate of drug-likeness (QED) is 0.457. The Hall–Kier alpha value is -2.65. The molecule has 1 heterocycles. The van der Waals surface area contributed by atoms with Gasteiger partial charge in [-0.15, -0.1) is 4.99 Å². The predicted octanol–water partition coefficient (Wildman–Crippen LogP) is 3.47. The van der Waals surface area contributed by atoms with E-state index in [-0.39, 0.29) is 19.2 Å². The molecule has 1 fully saturated rings. The summed E-state index contributed by atoms with van der Waals surface area (Å²) in [7, 11) is 0. The first kappa shape index (κ1) is 23.0. The van der Waals surface area contributed by atoms with Crippen molar-refractivity contribution >= 4 is 6.09 Å². The number of nitrogens with one attached hydrogen (secondary N) is 1. The van der Waals surface area contributed by atoms with Crippen LogP contribution in [0.5, 0.6) is 5.75 Å². The van der Waals surface area contributed by atoms with Crippen LogP contribution in [0.1, 0.15) is 27.2 Å². The Morgan fingerprint density at radius 1 is 1.16 bits per heavy atom. The van der Waals surface area contributed by atoms with Crippen molar-refractivity contribution in [3.05, 3.63) is 54.6 Å². The number of carbonyl (C=O) groups excluding carboxylic acids is 1. The third-order valence-electron chi connectivity index (χ3n) is 4.98. The molecule has 3 N–H and O–H groups in total. The van der Waals surface area contributed by atoms with Gasteiger partial charge in [0.25, 0.3) is 0 Å². The van der Waals surface area contributed by atoms with E-state index in [2.05, 4.69) is 10.5 Å². The van der Waals surface area contributed by atoms with Gasteiger partial charge in [0.2, 0.25) is 0 Å². The number of likely N-dealkylation sites (tertiary alicyclic amines) is 1. The smallest absolute Gasteiger partial charge is 0.410 e. The lowest BCUT2D eigenvalue weighted by molar-refractivity contribution is -0.294. The van der Waals surface area contributed by atoms with Gasteiger partial charge in [0, 0.05) is 6.42 Å². The van der Waals surface area contributed by atoms with E-state index in [1.165, 1.54) is 4.90 Å². The Balaban J connectivity index is 1.74. The number of aliphatic hydroxyl groups is 1. The van der Waals surface area contributed by atoms with Crippen molar-refractivity contribution in [2.24, 2.45) is 0 Å². The fourth-order valence-electron chi connectivity index (χ4n) is 3.64. The average Bonchev–Trinajstić information content (AvgIpc) is 3.16. The molecule has 8 nitrogen and oxygen atoms in total. The largest absolute Gasteiger partial charge is 0.488 e. The molecule has 168 valence electrons. The molecule has 1 saturated heterocycles. The molecule has 0 aliphatic carbocycles. The molecule has 0 aromatic heterocycles. The van der Waals surface area contributed by atoms with Crippen molar-refractivity contribution in [1.29, 1.82) is 0 Å². The first-order valence-corrected chi connectivity index (χ1v) is 10.3. The Labute approximate surface area is 182 Å². The molecule has 3 unspecified atom stereocenters. The summed E-state index contributed by atoms with van der Waals surface area (Å²) in [5.74, 6) is 0.683. The topological polar surface area (TPSA) is 100 Å². The maximum Gasteiger partial charge on any atom is 0.410 e. The summed E-state index contributed by atoms with van der Waals surface area (Å²) in [6.45, 7) is 5.58. The van der Waals surface area contributed by atoms with Gasteiger partial charge in [0.1, 0.15) is 17.5 Å². The van der Waals surface area contributed by atoms with E-state index in [9.17, 15) is 9.90 Å². The standard InChI is InChI=1S/C23H30N2O6/c1-23(2,3)30-22(27)25-15-19(13-20(25)21(26)14-24-31-28)29-18-11-7-10-17(12-18)16-8-5-4-6-9-16/h4-12,19-21,24,26,28H,13-15H2,1-3H3. The first-order chi connectivity index (χ1) is 14.8. The molecule has 0 saturated carbocycles. The van der Waals surface area contributed by atoms with Gasteiger partial charge in [-0.25, -0.2) is 10.1 Å². The summed E-state index contributed by atoms with van der Waals surface area (Å²) in [6, 6.07) is 17.2. The lowest BCUT2D eigenvalue weighted by Gasteiger charge is -2.30. The molecule has 2 aromatic carbocycles. The third kappa shape index (κ3) is 6.41. The summed E-state index contributed by atoms with van der Waals surface area (Å²) in [4.78, 5) is 18.0. The molecule has 3 rings (SSSR count). The van der Waals surface area contributed by atoms with Crippen LogP contribution in [0.4, 0.5) is 4.79 Å². The molecule has 1 amide bonds. The van der Waals surface area contributed by atoms with Crippen LogP contribution in [0.3, 0.4) is 0 Å². The van der Waals surface area contributed by atoms with Crippen LogP contribution in [0.2, 0.25) is 0 Å². The predicted molar refractivity (Wildman–Crippen MR) is 115 cm³/mol. The maximum absolute atomic E-state index is 12.7. The number of rotatable bonds is 7. The van der Waals surface area contributed by atoms with E-state index < -0.39 is 23.8 Å². The normalized spacial score (nSPS) is 19.8. The summed E-state index contributed by atoms with van der Waals surface area (Å²) in [5.41, 5.74) is 3.65. The molecular weight excluding hydrogens is 400 g/mol. The summed E-state index contributed by atoms with van der Waals surface area (Å²) in [6.07, 6.45) is -1.42. The number of benzene rings is 2. The monoisotopic (exact) mass is 430 g/mol. The van der Waals surface area contributed by atoms with Gasteiger partial charge >= 0.3 is 6.09 Å². The number of ether oxygens (including phenoxy) is 2. The van der Waals surface area contributed by atoms with E-state index in [1.807, 2.05) is 54.6 Å². The Bertz CT molecular complexity index is 855.